The molecule has 1 saturated heterocycles. The topological polar surface area (TPSA) is 46.6 Å². The summed E-state index contributed by atoms with van der Waals surface area (Å²) in [4.78, 5) is 6.75. The van der Waals surface area contributed by atoms with E-state index in [0.29, 0.717) is 29.0 Å². The summed E-state index contributed by atoms with van der Waals surface area (Å²) in [6.45, 7) is 4.07. The molecule has 2 heterocycles. The van der Waals surface area contributed by atoms with E-state index in [4.69, 9.17) is 9.47 Å². The number of halogens is 1. The average molecular weight is 333 g/mol. The molecule has 1 aromatic carbocycles. The van der Waals surface area contributed by atoms with E-state index in [-0.39, 0.29) is 11.6 Å². The van der Waals surface area contributed by atoms with Gasteiger partial charge in [0.2, 0.25) is 0 Å². The number of nitrogens with one attached hydrogen (secondary N) is 1. The summed E-state index contributed by atoms with van der Waals surface area (Å²) in [5.74, 6) is 1.09. The normalized spacial score (nSPS) is 15.0. The van der Waals surface area contributed by atoms with Crippen molar-refractivity contribution in [2.45, 2.75) is 19.3 Å². The first-order valence-corrected chi connectivity index (χ1v) is 8.42. The molecular formula is C18H24FN3O2. The zero-order valence-electron chi connectivity index (χ0n) is 14.3. The van der Waals surface area contributed by atoms with Crippen LogP contribution in [0.3, 0.4) is 0 Å². The van der Waals surface area contributed by atoms with Crippen LogP contribution >= 0.6 is 0 Å². The van der Waals surface area contributed by atoms with Gasteiger partial charge in [0.25, 0.3) is 0 Å². The molecule has 0 radical (unpaired) electrons. The van der Waals surface area contributed by atoms with Crippen molar-refractivity contribution in [3.63, 3.8) is 0 Å². The fourth-order valence-electron chi connectivity index (χ4n) is 3.08. The number of hydrogen-bond donors (Lipinski definition) is 1. The van der Waals surface area contributed by atoms with E-state index < -0.39 is 0 Å². The van der Waals surface area contributed by atoms with Gasteiger partial charge in [0.05, 0.1) is 19.2 Å². The SMILES string of the molecule is CNc1nc2cc(OCCCN3CCCC3)c(OC)cc2cc1F. The second kappa shape index (κ2) is 7.66. The molecule has 3 rings (SSSR count). The maximum absolute atomic E-state index is 13.9. The molecule has 1 N–H and O–H groups in total. The highest BCUT2D eigenvalue weighted by Crippen LogP contribution is 2.33. The Morgan fingerprint density at radius 1 is 1.21 bits per heavy atom. The fraction of sp³-hybridized carbons (Fsp3) is 0.500. The van der Waals surface area contributed by atoms with Gasteiger partial charge in [0.1, 0.15) is 0 Å². The van der Waals surface area contributed by atoms with Gasteiger partial charge in [-0.1, -0.05) is 0 Å². The van der Waals surface area contributed by atoms with E-state index in [1.807, 2.05) is 6.07 Å². The smallest absolute Gasteiger partial charge is 0.166 e. The lowest BCUT2D eigenvalue weighted by atomic mass is 10.2. The first-order chi connectivity index (χ1) is 11.7. The monoisotopic (exact) mass is 333 g/mol. The highest BCUT2D eigenvalue weighted by molar-refractivity contribution is 5.84. The van der Waals surface area contributed by atoms with Crippen molar-refractivity contribution in [3.8, 4) is 11.5 Å². The summed E-state index contributed by atoms with van der Waals surface area (Å²) < 4.78 is 25.1. The Kier molecular flexibility index (Phi) is 5.35. The molecule has 24 heavy (non-hydrogen) atoms. The van der Waals surface area contributed by atoms with Crippen molar-refractivity contribution >= 4 is 16.7 Å². The molecule has 1 fully saturated rings. The zero-order chi connectivity index (χ0) is 16.9. The van der Waals surface area contributed by atoms with Crippen LogP contribution in [0.1, 0.15) is 19.3 Å². The van der Waals surface area contributed by atoms with Crippen LogP contribution in [0.2, 0.25) is 0 Å². The number of rotatable bonds is 7. The van der Waals surface area contributed by atoms with Gasteiger partial charge in [-0.3, -0.25) is 0 Å². The van der Waals surface area contributed by atoms with Gasteiger partial charge in [-0.25, -0.2) is 9.37 Å². The number of hydrogen-bond acceptors (Lipinski definition) is 5. The molecule has 2 aromatic rings. The molecule has 1 aliphatic heterocycles. The van der Waals surface area contributed by atoms with Crippen molar-refractivity contribution in [3.05, 3.63) is 24.0 Å². The molecule has 6 heteroatoms. The van der Waals surface area contributed by atoms with Crippen LogP contribution in [0.25, 0.3) is 10.9 Å². The molecule has 5 nitrogen and oxygen atoms in total. The number of likely N-dealkylation sites (tertiary alicyclic amines) is 1. The zero-order valence-corrected chi connectivity index (χ0v) is 14.3. The standard InChI is InChI=1S/C18H24FN3O2/c1-20-18-14(19)10-13-11-16(23-2)17(12-15(13)21-18)24-9-5-8-22-6-3-4-7-22/h10-12H,3-9H2,1-2H3,(H,20,21). The van der Waals surface area contributed by atoms with Crippen molar-refractivity contribution < 1.29 is 13.9 Å². The van der Waals surface area contributed by atoms with Crippen molar-refractivity contribution in [2.75, 3.05) is 45.7 Å². The van der Waals surface area contributed by atoms with Crippen molar-refractivity contribution in [1.29, 1.82) is 0 Å². The lowest BCUT2D eigenvalue weighted by molar-refractivity contribution is 0.254. The number of nitrogens with zero attached hydrogens (tertiary/aromatic N) is 2. The van der Waals surface area contributed by atoms with E-state index in [2.05, 4.69) is 15.2 Å². The Morgan fingerprint density at radius 2 is 2.00 bits per heavy atom. The maximum atomic E-state index is 13.9. The van der Waals surface area contributed by atoms with Crippen molar-refractivity contribution in [1.82, 2.24) is 9.88 Å². The molecule has 0 atom stereocenters. The van der Waals surface area contributed by atoms with Gasteiger partial charge in [-0.05, 0) is 44.5 Å². The average Bonchev–Trinajstić information content (AvgIpc) is 3.11. The van der Waals surface area contributed by atoms with E-state index >= 15 is 0 Å². The third kappa shape index (κ3) is 3.70. The van der Waals surface area contributed by atoms with Gasteiger partial charge in [-0.2, -0.15) is 0 Å². The van der Waals surface area contributed by atoms with Gasteiger partial charge in [0.15, 0.2) is 23.1 Å². The number of methoxy groups -OCH3 is 1. The molecule has 0 amide bonds. The molecule has 1 aromatic heterocycles. The summed E-state index contributed by atoms with van der Waals surface area (Å²) in [5.41, 5.74) is 0.677. The number of benzene rings is 1. The molecule has 0 aliphatic carbocycles. The van der Waals surface area contributed by atoms with Gasteiger partial charge >= 0.3 is 0 Å². The molecule has 1 aliphatic rings. The van der Waals surface area contributed by atoms with Gasteiger partial charge < -0.3 is 19.7 Å². The largest absolute Gasteiger partial charge is 0.493 e. The number of anilines is 1. The molecule has 130 valence electrons. The van der Waals surface area contributed by atoms with E-state index in [0.717, 1.165) is 13.0 Å². The molecule has 0 bridgehead atoms. The minimum atomic E-state index is -0.383. The van der Waals surface area contributed by atoms with Crippen molar-refractivity contribution in [2.24, 2.45) is 0 Å². The summed E-state index contributed by atoms with van der Waals surface area (Å²) in [7, 11) is 3.24. The minimum Gasteiger partial charge on any atom is -0.493 e. The lowest BCUT2D eigenvalue weighted by Crippen LogP contribution is -2.21. The fourth-order valence-corrected chi connectivity index (χ4v) is 3.08. The first-order valence-electron chi connectivity index (χ1n) is 8.42. The summed E-state index contributed by atoms with van der Waals surface area (Å²) in [5, 5.41) is 3.44. The summed E-state index contributed by atoms with van der Waals surface area (Å²) in [6.07, 6.45) is 3.57. The van der Waals surface area contributed by atoms with Crippen LogP contribution in [-0.4, -0.2) is 50.3 Å². The van der Waals surface area contributed by atoms with Crippen LogP contribution in [0, 0.1) is 5.82 Å². The highest BCUT2D eigenvalue weighted by Gasteiger charge is 2.13. The molecule has 0 unspecified atom stereocenters. The second-order valence-corrected chi connectivity index (χ2v) is 6.02. The third-order valence-corrected chi connectivity index (χ3v) is 4.37. The van der Waals surface area contributed by atoms with Gasteiger partial charge in [-0.15, -0.1) is 0 Å². The van der Waals surface area contributed by atoms with Crippen LogP contribution in [0.5, 0.6) is 11.5 Å². The number of ether oxygens (including phenoxy) is 2. The van der Waals surface area contributed by atoms with E-state index in [9.17, 15) is 4.39 Å². The van der Waals surface area contributed by atoms with E-state index in [1.54, 1.807) is 20.2 Å². The molecule has 0 spiro atoms. The van der Waals surface area contributed by atoms with Crippen LogP contribution < -0.4 is 14.8 Å². The third-order valence-electron chi connectivity index (χ3n) is 4.37. The quantitative estimate of drug-likeness (QED) is 0.788. The Balaban J connectivity index is 1.71. The summed E-state index contributed by atoms with van der Waals surface area (Å²) >= 11 is 0. The Labute approximate surface area is 141 Å². The number of fused-ring (bicyclic) bond motifs is 1. The predicted octanol–water partition coefficient (Wildman–Crippen LogP) is 3.29. The second-order valence-electron chi connectivity index (χ2n) is 6.02. The van der Waals surface area contributed by atoms with Crippen LogP contribution in [0.4, 0.5) is 10.2 Å². The summed E-state index contributed by atoms with van der Waals surface area (Å²) in [6, 6.07) is 5.03. The minimum absolute atomic E-state index is 0.229. The number of pyridine rings is 1. The number of aromatic nitrogens is 1. The van der Waals surface area contributed by atoms with Crippen LogP contribution in [0.15, 0.2) is 18.2 Å². The van der Waals surface area contributed by atoms with Crippen LogP contribution in [-0.2, 0) is 0 Å². The predicted molar refractivity (Wildman–Crippen MR) is 93.6 cm³/mol. The highest BCUT2D eigenvalue weighted by atomic mass is 19.1. The molecular weight excluding hydrogens is 309 g/mol. The maximum Gasteiger partial charge on any atom is 0.166 e. The Morgan fingerprint density at radius 3 is 2.71 bits per heavy atom. The van der Waals surface area contributed by atoms with Gasteiger partial charge in [0, 0.05) is 25.0 Å². The first kappa shape index (κ1) is 16.8. The Hall–Kier alpha value is -2.08. The molecule has 0 saturated carbocycles. The lowest BCUT2D eigenvalue weighted by Gasteiger charge is -2.16. The van der Waals surface area contributed by atoms with E-state index in [1.165, 1.54) is 32.0 Å². The Bertz CT molecular complexity index is 702.